The lowest BCUT2D eigenvalue weighted by atomic mass is 10.1. The number of anilines is 2. The minimum Gasteiger partial charge on any atom is -0.397 e. The third-order valence-corrected chi connectivity index (χ3v) is 6.54. The number of aromatic nitrogens is 4. The van der Waals surface area contributed by atoms with E-state index in [1.54, 1.807) is 16.9 Å². The zero-order chi connectivity index (χ0) is 21.5. The maximum Gasteiger partial charge on any atom is 0.253 e. The van der Waals surface area contributed by atoms with Crippen molar-refractivity contribution in [3.05, 3.63) is 48.0 Å². The van der Waals surface area contributed by atoms with Crippen molar-refractivity contribution in [2.24, 2.45) is 5.73 Å². The second-order valence-electron chi connectivity index (χ2n) is 7.32. The summed E-state index contributed by atoms with van der Waals surface area (Å²) in [6, 6.07) is 5.89. The van der Waals surface area contributed by atoms with Gasteiger partial charge in [-0.1, -0.05) is 0 Å². The van der Waals surface area contributed by atoms with Gasteiger partial charge in [0.15, 0.2) is 0 Å². The molecule has 0 spiro atoms. The number of hydrogen-bond donors (Lipinski definition) is 2. The zero-order valence-corrected chi connectivity index (χ0v) is 18.9. The number of carbonyl (C=O) groups is 1. The fourth-order valence-electron chi connectivity index (χ4n) is 3.75. The molecule has 0 radical (unpaired) electrons. The number of fused-ring (bicyclic) bond motifs is 1. The van der Waals surface area contributed by atoms with Gasteiger partial charge in [0.2, 0.25) is 0 Å². The molecule has 4 aromatic heterocycles. The number of nitrogens with zero attached hydrogens (tertiary/aromatic N) is 5. The summed E-state index contributed by atoms with van der Waals surface area (Å²) < 4.78 is 7.21. The van der Waals surface area contributed by atoms with E-state index in [1.807, 2.05) is 19.1 Å². The number of hydrogen-bond acceptors (Lipinski definition) is 8. The van der Waals surface area contributed by atoms with E-state index in [2.05, 4.69) is 26.0 Å². The number of nitrogen functional groups attached to an aromatic ring is 1. The minimum absolute atomic E-state index is 0. The lowest BCUT2D eigenvalue weighted by molar-refractivity contribution is 0.100. The first-order valence-corrected chi connectivity index (χ1v) is 10.7. The summed E-state index contributed by atoms with van der Waals surface area (Å²) in [7, 11) is 0. The van der Waals surface area contributed by atoms with Crippen molar-refractivity contribution in [2.45, 2.75) is 6.92 Å². The van der Waals surface area contributed by atoms with Gasteiger partial charge in [0.25, 0.3) is 5.91 Å². The van der Waals surface area contributed by atoms with Crippen LogP contribution in [0.25, 0.3) is 26.5 Å². The summed E-state index contributed by atoms with van der Waals surface area (Å²) >= 11 is 1.46. The molecule has 1 saturated heterocycles. The number of rotatable bonds is 4. The first-order chi connectivity index (χ1) is 15.0. The standard InChI is InChI=1S/C21H21N7O2S.ClH/c1-12-15(9-14(22)10-25-12)18-19(31-21-16(20(23)29)11-26-28(18)21)13-2-3-24-17(8-13)27-4-6-30-7-5-27;/h2-3,8-11H,4-7,22H2,1H3,(H2,23,29);1H. The summed E-state index contributed by atoms with van der Waals surface area (Å²) in [5, 5.41) is 4.46. The van der Waals surface area contributed by atoms with E-state index < -0.39 is 5.91 Å². The van der Waals surface area contributed by atoms with Gasteiger partial charge in [-0.25, -0.2) is 9.50 Å². The average molecular weight is 472 g/mol. The number of amides is 1. The smallest absolute Gasteiger partial charge is 0.253 e. The van der Waals surface area contributed by atoms with E-state index >= 15 is 0 Å². The first-order valence-electron chi connectivity index (χ1n) is 9.85. The van der Waals surface area contributed by atoms with Crippen LogP contribution in [-0.4, -0.2) is 51.8 Å². The Bertz CT molecular complexity index is 1300. The molecule has 5 heterocycles. The van der Waals surface area contributed by atoms with Crippen LogP contribution in [0, 0.1) is 6.92 Å². The Hall–Kier alpha value is -3.21. The minimum atomic E-state index is -0.513. The molecule has 0 unspecified atom stereocenters. The topological polar surface area (TPSA) is 125 Å². The quantitative estimate of drug-likeness (QED) is 0.468. The fourth-order valence-corrected chi connectivity index (χ4v) is 4.97. The third kappa shape index (κ3) is 3.77. The van der Waals surface area contributed by atoms with E-state index in [0.29, 0.717) is 29.3 Å². The highest BCUT2D eigenvalue weighted by atomic mass is 35.5. The largest absolute Gasteiger partial charge is 0.397 e. The van der Waals surface area contributed by atoms with Crippen LogP contribution >= 0.6 is 23.7 Å². The Balaban J connectivity index is 0.00000245. The predicted octanol–water partition coefficient (Wildman–Crippen LogP) is 2.77. The molecule has 5 rings (SSSR count). The van der Waals surface area contributed by atoms with Crippen molar-refractivity contribution in [1.29, 1.82) is 0 Å². The van der Waals surface area contributed by atoms with Crippen molar-refractivity contribution in [3.8, 4) is 21.7 Å². The highest BCUT2D eigenvalue weighted by Gasteiger charge is 2.24. The summed E-state index contributed by atoms with van der Waals surface area (Å²) in [6.07, 6.45) is 4.93. The Morgan fingerprint density at radius 1 is 1.19 bits per heavy atom. The van der Waals surface area contributed by atoms with Gasteiger partial charge in [0.05, 0.1) is 47.4 Å². The molecule has 4 aromatic rings. The molecule has 1 fully saturated rings. The lowest BCUT2D eigenvalue weighted by Crippen LogP contribution is -2.36. The summed E-state index contributed by atoms with van der Waals surface area (Å²) in [4.78, 5) is 24.8. The Kier molecular flexibility index (Phi) is 6.00. The molecule has 9 nitrogen and oxygen atoms in total. The number of ether oxygens (including phenoxy) is 1. The third-order valence-electron chi connectivity index (χ3n) is 5.32. The van der Waals surface area contributed by atoms with Crippen molar-refractivity contribution >= 4 is 46.0 Å². The van der Waals surface area contributed by atoms with Crippen LogP contribution in [0.1, 0.15) is 16.1 Å². The Labute approximate surface area is 194 Å². The molecule has 166 valence electrons. The summed E-state index contributed by atoms with van der Waals surface area (Å²) in [6.45, 7) is 4.87. The van der Waals surface area contributed by atoms with Gasteiger partial charge in [-0.2, -0.15) is 5.10 Å². The van der Waals surface area contributed by atoms with Gasteiger partial charge >= 0.3 is 0 Å². The van der Waals surface area contributed by atoms with Gasteiger partial charge in [-0.05, 0) is 30.7 Å². The van der Waals surface area contributed by atoms with Crippen LogP contribution in [-0.2, 0) is 4.74 Å². The number of nitrogens with two attached hydrogens (primary N) is 2. The first kappa shape index (κ1) is 22.0. The molecule has 1 aliphatic heterocycles. The van der Waals surface area contributed by atoms with Gasteiger partial charge in [-0.3, -0.25) is 9.78 Å². The highest BCUT2D eigenvalue weighted by Crippen LogP contribution is 2.42. The molecule has 0 saturated carbocycles. The number of morpholine rings is 1. The molecule has 0 atom stereocenters. The number of primary amides is 1. The van der Waals surface area contributed by atoms with E-state index in [-0.39, 0.29) is 12.4 Å². The van der Waals surface area contributed by atoms with E-state index in [0.717, 1.165) is 46.3 Å². The van der Waals surface area contributed by atoms with Crippen molar-refractivity contribution in [1.82, 2.24) is 19.6 Å². The molecular weight excluding hydrogens is 450 g/mol. The van der Waals surface area contributed by atoms with E-state index in [9.17, 15) is 4.79 Å². The number of pyridine rings is 2. The number of halogens is 1. The molecule has 0 aliphatic carbocycles. The second kappa shape index (κ2) is 8.73. The van der Waals surface area contributed by atoms with Crippen LogP contribution in [0.15, 0.2) is 36.8 Å². The van der Waals surface area contributed by atoms with Crippen LogP contribution < -0.4 is 16.4 Å². The number of carbonyl (C=O) groups excluding carboxylic acids is 1. The lowest BCUT2D eigenvalue weighted by Gasteiger charge is -2.28. The van der Waals surface area contributed by atoms with Crippen LogP contribution in [0.4, 0.5) is 11.5 Å². The summed E-state index contributed by atoms with van der Waals surface area (Å²) in [5.41, 5.74) is 16.0. The fraction of sp³-hybridized carbons (Fsp3) is 0.238. The molecule has 0 bridgehead atoms. The predicted molar refractivity (Wildman–Crippen MR) is 127 cm³/mol. The van der Waals surface area contributed by atoms with E-state index in [4.69, 9.17) is 16.2 Å². The molecule has 0 aromatic carbocycles. The van der Waals surface area contributed by atoms with Crippen molar-refractivity contribution in [2.75, 3.05) is 36.9 Å². The second-order valence-corrected chi connectivity index (χ2v) is 8.32. The highest BCUT2D eigenvalue weighted by molar-refractivity contribution is 7.21. The van der Waals surface area contributed by atoms with Gasteiger partial charge < -0.3 is 21.1 Å². The Morgan fingerprint density at radius 2 is 1.97 bits per heavy atom. The van der Waals surface area contributed by atoms with E-state index in [1.165, 1.54) is 17.5 Å². The average Bonchev–Trinajstić information content (AvgIpc) is 3.35. The van der Waals surface area contributed by atoms with Gasteiger partial charge in [-0.15, -0.1) is 23.7 Å². The number of thiazole rings is 1. The summed E-state index contributed by atoms with van der Waals surface area (Å²) in [5.74, 6) is 0.371. The van der Waals surface area contributed by atoms with Crippen LogP contribution in [0.3, 0.4) is 0 Å². The molecule has 32 heavy (non-hydrogen) atoms. The maximum atomic E-state index is 12.0. The maximum absolute atomic E-state index is 12.0. The number of aryl methyl sites for hydroxylation is 1. The SMILES string of the molecule is Cc1ncc(N)cc1-c1c(-c2ccnc(N3CCOCC3)c2)sc2c(C(N)=O)cnn12.Cl. The van der Waals surface area contributed by atoms with Crippen molar-refractivity contribution in [3.63, 3.8) is 0 Å². The van der Waals surface area contributed by atoms with Crippen LogP contribution in [0.2, 0.25) is 0 Å². The Morgan fingerprint density at radius 3 is 2.72 bits per heavy atom. The molecule has 4 N–H and O–H groups in total. The molecule has 1 aliphatic rings. The van der Waals surface area contributed by atoms with Crippen molar-refractivity contribution < 1.29 is 9.53 Å². The monoisotopic (exact) mass is 471 g/mol. The molecule has 1 amide bonds. The van der Waals surface area contributed by atoms with Gasteiger partial charge in [0, 0.05) is 30.5 Å². The molecular formula is C21H22ClN7O2S. The molecule has 11 heteroatoms. The zero-order valence-electron chi connectivity index (χ0n) is 17.3. The van der Waals surface area contributed by atoms with Gasteiger partial charge in [0.1, 0.15) is 10.6 Å². The normalized spacial score (nSPS) is 13.8. The van der Waals surface area contributed by atoms with Crippen LogP contribution in [0.5, 0.6) is 0 Å².